The van der Waals surface area contributed by atoms with Crippen molar-refractivity contribution in [1.29, 1.82) is 0 Å². The molecule has 0 amide bonds. The van der Waals surface area contributed by atoms with Gasteiger partial charge in [0.2, 0.25) is 0 Å². The number of phosphoric acid groups is 1. The monoisotopic (exact) mass is 261 g/mol. The molecule has 2 rings (SSSR count). The Morgan fingerprint density at radius 3 is 2.25 bits per heavy atom. The van der Waals surface area contributed by atoms with Crippen LogP contribution in [0.2, 0.25) is 5.15 Å². The van der Waals surface area contributed by atoms with Gasteiger partial charge in [-0.15, -0.1) is 0 Å². The second-order valence-electron chi connectivity index (χ2n) is 2.84. The Labute approximate surface area is 96.6 Å². The number of fused-ring (bicyclic) bond motifs is 1. The fourth-order valence-electron chi connectivity index (χ4n) is 1.04. The summed E-state index contributed by atoms with van der Waals surface area (Å²) in [6.07, 6.45) is 0. The molecule has 1 heterocycles. The maximum atomic E-state index is 8.88. The number of benzene rings is 1. The predicted octanol–water partition coefficient (Wildman–Crippen LogP) is 1.96. The molecule has 0 aliphatic carbocycles. The first kappa shape index (κ1) is 13.1. The van der Waals surface area contributed by atoms with Gasteiger partial charge in [-0.25, -0.2) is 9.55 Å². The van der Waals surface area contributed by atoms with Crippen molar-refractivity contribution in [3.8, 4) is 0 Å². The molecule has 1 aromatic heterocycles. The van der Waals surface area contributed by atoms with Gasteiger partial charge in [0.25, 0.3) is 0 Å². The number of pyridine rings is 1. The van der Waals surface area contributed by atoms with E-state index in [1.54, 1.807) is 6.07 Å². The van der Waals surface area contributed by atoms with Crippen LogP contribution in [-0.4, -0.2) is 19.7 Å². The highest BCUT2D eigenvalue weighted by Crippen LogP contribution is 2.25. The number of rotatable bonds is 0. The van der Waals surface area contributed by atoms with Gasteiger partial charge in [0.05, 0.1) is 5.52 Å². The standard InChI is InChI=1S/C9H6ClN.H3O4P/c10-9-6-5-7-3-1-2-4-8(7)11-9;1-5(2,3)4/h1-6H;(H3,1,2,3,4). The van der Waals surface area contributed by atoms with E-state index in [1.165, 1.54) is 0 Å². The van der Waals surface area contributed by atoms with Gasteiger partial charge in [0.1, 0.15) is 5.15 Å². The van der Waals surface area contributed by atoms with E-state index in [0.717, 1.165) is 10.9 Å². The van der Waals surface area contributed by atoms with Gasteiger partial charge in [0.15, 0.2) is 0 Å². The first-order valence-electron chi connectivity index (χ1n) is 4.16. The smallest absolute Gasteiger partial charge is 0.303 e. The van der Waals surface area contributed by atoms with E-state index in [9.17, 15) is 0 Å². The third-order valence-electron chi connectivity index (χ3n) is 1.56. The van der Waals surface area contributed by atoms with Crippen molar-refractivity contribution in [3.63, 3.8) is 0 Å². The molecule has 86 valence electrons. The third-order valence-corrected chi connectivity index (χ3v) is 1.77. The molecule has 0 aliphatic rings. The van der Waals surface area contributed by atoms with Crippen LogP contribution in [0.5, 0.6) is 0 Å². The quantitative estimate of drug-likeness (QED) is 0.498. The van der Waals surface area contributed by atoms with E-state index in [0.29, 0.717) is 5.15 Å². The summed E-state index contributed by atoms with van der Waals surface area (Å²) in [5, 5.41) is 1.67. The molecule has 0 fully saturated rings. The predicted molar refractivity (Wildman–Crippen MR) is 61.0 cm³/mol. The molecular weight excluding hydrogens is 253 g/mol. The molecule has 1 aromatic carbocycles. The maximum absolute atomic E-state index is 8.88. The zero-order valence-electron chi connectivity index (χ0n) is 7.99. The van der Waals surface area contributed by atoms with E-state index < -0.39 is 7.82 Å². The molecule has 0 spiro atoms. The molecule has 5 nitrogen and oxygen atoms in total. The van der Waals surface area contributed by atoms with Crippen molar-refractivity contribution in [1.82, 2.24) is 4.98 Å². The SMILES string of the molecule is Clc1ccc2ccccc2n1.O=P(O)(O)O. The number of halogens is 1. The van der Waals surface area contributed by atoms with E-state index in [4.69, 9.17) is 30.8 Å². The number of hydrogen-bond donors (Lipinski definition) is 3. The van der Waals surface area contributed by atoms with Crippen LogP contribution in [0.1, 0.15) is 0 Å². The van der Waals surface area contributed by atoms with Crippen LogP contribution in [0.25, 0.3) is 10.9 Å². The Hall–Kier alpha value is -0.970. The molecule has 7 heteroatoms. The molecular formula is C9H9ClNO4P. The molecule has 3 N–H and O–H groups in total. The highest BCUT2D eigenvalue weighted by atomic mass is 35.5. The van der Waals surface area contributed by atoms with Gasteiger partial charge in [-0.3, -0.25) is 0 Å². The zero-order valence-corrected chi connectivity index (χ0v) is 9.64. The minimum absolute atomic E-state index is 0.545. The average Bonchev–Trinajstić information content (AvgIpc) is 2.15. The first-order valence-corrected chi connectivity index (χ1v) is 6.10. The number of para-hydroxylation sites is 1. The number of nitrogens with zero attached hydrogens (tertiary/aromatic N) is 1. The van der Waals surface area contributed by atoms with E-state index in [2.05, 4.69) is 4.98 Å². The normalized spacial score (nSPS) is 10.8. The van der Waals surface area contributed by atoms with Crippen molar-refractivity contribution in [2.45, 2.75) is 0 Å². The fourth-order valence-corrected chi connectivity index (χ4v) is 1.20. The lowest BCUT2D eigenvalue weighted by Gasteiger charge is -1.94. The van der Waals surface area contributed by atoms with Crippen molar-refractivity contribution in [2.75, 3.05) is 0 Å². The molecule has 2 aromatic rings. The summed E-state index contributed by atoms with van der Waals surface area (Å²) in [6, 6.07) is 11.7. The van der Waals surface area contributed by atoms with Crippen LogP contribution in [0.3, 0.4) is 0 Å². The summed E-state index contributed by atoms with van der Waals surface area (Å²) in [5.41, 5.74) is 0.944. The number of aromatic nitrogens is 1. The molecule has 0 aliphatic heterocycles. The first-order chi connectivity index (χ1) is 7.36. The Morgan fingerprint density at radius 2 is 1.62 bits per heavy atom. The topological polar surface area (TPSA) is 90.7 Å². The average molecular weight is 262 g/mol. The van der Waals surface area contributed by atoms with Crippen molar-refractivity contribution >= 4 is 30.3 Å². The van der Waals surface area contributed by atoms with E-state index in [1.807, 2.05) is 30.3 Å². The molecule has 0 saturated carbocycles. The van der Waals surface area contributed by atoms with Crippen molar-refractivity contribution in [2.24, 2.45) is 0 Å². The third kappa shape index (κ3) is 5.21. The van der Waals surface area contributed by atoms with Gasteiger partial charge in [-0.05, 0) is 18.2 Å². The summed E-state index contributed by atoms with van der Waals surface area (Å²) in [4.78, 5) is 25.7. The van der Waals surface area contributed by atoms with Gasteiger partial charge < -0.3 is 14.7 Å². The Kier molecular flexibility index (Phi) is 4.41. The van der Waals surface area contributed by atoms with E-state index in [-0.39, 0.29) is 0 Å². The Balaban J connectivity index is 0.000000221. The largest absolute Gasteiger partial charge is 0.466 e. The lowest BCUT2D eigenvalue weighted by molar-refractivity contribution is 0.275. The van der Waals surface area contributed by atoms with Crippen LogP contribution in [0.4, 0.5) is 0 Å². The molecule has 0 saturated heterocycles. The zero-order chi connectivity index (χ0) is 12.2. The second kappa shape index (κ2) is 5.39. The summed E-state index contributed by atoms with van der Waals surface area (Å²) < 4.78 is 8.88. The highest BCUT2D eigenvalue weighted by Gasteiger charge is 2.00. The summed E-state index contributed by atoms with van der Waals surface area (Å²) >= 11 is 5.71. The van der Waals surface area contributed by atoms with Crippen molar-refractivity contribution < 1.29 is 19.2 Å². The maximum Gasteiger partial charge on any atom is 0.466 e. The molecule has 0 atom stereocenters. The van der Waals surface area contributed by atoms with Crippen LogP contribution in [0, 0.1) is 0 Å². The van der Waals surface area contributed by atoms with Crippen molar-refractivity contribution in [3.05, 3.63) is 41.6 Å². The minimum Gasteiger partial charge on any atom is -0.303 e. The van der Waals surface area contributed by atoms with E-state index >= 15 is 0 Å². The molecule has 0 unspecified atom stereocenters. The number of hydrogen-bond acceptors (Lipinski definition) is 2. The van der Waals surface area contributed by atoms with Gasteiger partial charge >= 0.3 is 7.82 Å². The molecule has 16 heavy (non-hydrogen) atoms. The Morgan fingerprint density at radius 1 is 1.06 bits per heavy atom. The van der Waals surface area contributed by atoms with Crippen LogP contribution in [-0.2, 0) is 4.57 Å². The molecule has 0 radical (unpaired) electrons. The van der Waals surface area contributed by atoms with Crippen LogP contribution >= 0.6 is 19.4 Å². The summed E-state index contributed by atoms with van der Waals surface area (Å²) in [6.45, 7) is 0. The lowest BCUT2D eigenvalue weighted by Crippen LogP contribution is -1.76. The van der Waals surface area contributed by atoms with Gasteiger partial charge in [-0.2, -0.15) is 0 Å². The van der Waals surface area contributed by atoms with Gasteiger partial charge in [-0.1, -0.05) is 29.8 Å². The highest BCUT2D eigenvalue weighted by molar-refractivity contribution is 7.45. The van der Waals surface area contributed by atoms with Crippen LogP contribution in [0.15, 0.2) is 36.4 Å². The lowest BCUT2D eigenvalue weighted by atomic mass is 10.2. The fraction of sp³-hybridized carbons (Fsp3) is 0. The molecule has 0 bridgehead atoms. The minimum atomic E-state index is -4.64. The second-order valence-corrected chi connectivity index (χ2v) is 4.25. The summed E-state index contributed by atoms with van der Waals surface area (Å²) in [5.74, 6) is 0. The van der Waals surface area contributed by atoms with Crippen LogP contribution < -0.4 is 0 Å². The van der Waals surface area contributed by atoms with Gasteiger partial charge in [0, 0.05) is 5.39 Å². The Bertz CT molecular complexity index is 519. The summed E-state index contributed by atoms with van der Waals surface area (Å²) in [7, 11) is -4.64.